The number of carbonyl (C=O) groups excluding carboxylic acids is 5. The van der Waals surface area contributed by atoms with Gasteiger partial charge in [0.05, 0.1) is 36.4 Å². The zero-order chi connectivity index (χ0) is 35.6. The average Bonchev–Trinajstić information content (AvgIpc) is 3.05. The first-order valence-corrected chi connectivity index (χ1v) is 15.1. The van der Waals surface area contributed by atoms with Crippen molar-refractivity contribution in [3.63, 3.8) is 0 Å². The van der Waals surface area contributed by atoms with E-state index in [1.807, 2.05) is 0 Å². The first-order valence-electron chi connectivity index (χ1n) is 15.1. The van der Waals surface area contributed by atoms with Crippen LogP contribution in [0.4, 0.5) is 18.9 Å². The summed E-state index contributed by atoms with van der Waals surface area (Å²) in [5.74, 6) is -4.02. The van der Waals surface area contributed by atoms with Gasteiger partial charge in [0.25, 0.3) is 11.8 Å². The summed E-state index contributed by atoms with van der Waals surface area (Å²) in [6.45, 7) is 3.92. The largest absolute Gasteiger partial charge is 0.465 e. The second-order valence-corrected chi connectivity index (χ2v) is 10.8. The molecule has 0 atom stereocenters. The molecule has 0 heterocycles. The number of esters is 3. The van der Waals surface area contributed by atoms with Gasteiger partial charge >= 0.3 is 24.1 Å². The summed E-state index contributed by atoms with van der Waals surface area (Å²) in [6, 6.07) is 14.9. The highest BCUT2D eigenvalue weighted by Crippen LogP contribution is 2.32. The molecule has 0 spiro atoms. The fourth-order valence-electron chi connectivity index (χ4n) is 4.86. The van der Waals surface area contributed by atoms with Gasteiger partial charge in [-0.25, -0.2) is 0 Å². The molecular formula is C35H37F3N2O8. The minimum absolute atomic E-state index is 0.000268. The van der Waals surface area contributed by atoms with Crippen molar-refractivity contribution in [2.24, 2.45) is 0 Å². The van der Waals surface area contributed by atoms with Gasteiger partial charge in [0.15, 0.2) is 0 Å². The number of hydrogen-bond acceptors (Lipinski definition) is 8. The van der Waals surface area contributed by atoms with Crippen LogP contribution in [-0.4, -0.2) is 68.5 Å². The Morgan fingerprint density at radius 3 is 1.92 bits per heavy atom. The van der Waals surface area contributed by atoms with E-state index < -0.39 is 59.9 Å². The maximum absolute atomic E-state index is 13.2. The second-order valence-electron chi connectivity index (χ2n) is 10.8. The Balaban J connectivity index is 1.90. The molecule has 0 aliphatic carbocycles. The Labute approximate surface area is 276 Å². The molecule has 0 aliphatic rings. The van der Waals surface area contributed by atoms with E-state index in [-0.39, 0.29) is 47.6 Å². The molecule has 256 valence electrons. The monoisotopic (exact) mass is 670 g/mol. The summed E-state index contributed by atoms with van der Waals surface area (Å²) in [5, 5.41) is 2.60. The zero-order valence-electron chi connectivity index (χ0n) is 27.2. The Hall–Kier alpha value is -5.20. The molecule has 3 aromatic rings. The molecular weight excluding hydrogens is 633 g/mol. The van der Waals surface area contributed by atoms with Gasteiger partial charge in [-0.2, -0.15) is 13.2 Å². The highest BCUT2D eigenvalue weighted by molar-refractivity contribution is 6.10. The number of ether oxygens (including phenoxy) is 3. The molecule has 0 saturated heterocycles. The van der Waals surface area contributed by atoms with E-state index in [2.05, 4.69) is 5.32 Å². The highest BCUT2D eigenvalue weighted by Gasteiger charge is 2.52. The molecule has 0 fully saturated rings. The van der Waals surface area contributed by atoms with Crippen LogP contribution >= 0.6 is 0 Å². The van der Waals surface area contributed by atoms with Crippen LogP contribution in [0, 0.1) is 0 Å². The lowest BCUT2D eigenvalue weighted by Gasteiger charge is -2.29. The summed E-state index contributed by atoms with van der Waals surface area (Å²) < 4.78 is 55.6. The summed E-state index contributed by atoms with van der Waals surface area (Å²) in [7, 11) is 2.96. The van der Waals surface area contributed by atoms with Gasteiger partial charge in [-0.15, -0.1) is 0 Å². The number of hydrogen-bond donors (Lipinski definition) is 1. The second kappa shape index (κ2) is 16.1. The van der Waals surface area contributed by atoms with Gasteiger partial charge in [-0.1, -0.05) is 43.3 Å². The van der Waals surface area contributed by atoms with Gasteiger partial charge in [0, 0.05) is 19.7 Å². The van der Waals surface area contributed by atoms with Crippen LogP contribution in [0.25, 0.3) is 0 Å². The van der Waals surface area contributed by atoms with Crippen LogP contribution in [0.3, 0.4) is 0 Å². The van der Waals surface area contributed by atoms with Crippen molar-refractivity contribution in [2.45, 2.75) is 45.2 Å². The number of anilines is 1. The first kappa shape index (κ1) is 37.3. The van der Waals surface area contributed by atoms with Gasteiger partial charge in [-0.3, -0.25) is 24.0 Å². The van der Waals surface area contributed by atoms with Gasteiger partial charge < -0.3 is 24.4 Å². The summed E-state index contributed by atoms with van der Waals surface area (Å²) in [4.78, 5) is 67.1. The molecule has 48 heavy (non-hydrogen) atoms. The Kier molecular flexibility index (Phi) is 12.5. The Bertz CT molecular complexity index is 1640. The lowest BCUT2D eigenvalue weighted by atomic mass is 9.81. The maximum Gasteiger partial charge on any atom is 0.416 e. The SMILES string of the molecule is CCOC(=O)C(COC(=O)Cc1ccc(NC(=O)c2ccc(C(F)(F)F)cc2CC)c(C(=O)N(C)C)c1)(C(=O)OCC)c1ccccc1. The van der Waals surface area contributed by atoms with Crippen LogP contribution in [-0.2, 0) is 53.0 Å². The number of rotatable bonds is 13. The molecule has 0 aromatic heterocycles. The van der Waals surface area contributed by atoms with Crippen LogP contribution in [0.2, 0.25) is 0 Å². The molecule has 3 rings (SSSR count). The van der Waals surface area contributed by atoms with E-state index >= 15 is 0 Å². The van der Waals surface area contributed by atoms with E-state index in [4.69, 9.17) is 14.2 Å². The third kappa shape index (κ3) is 8.58. The van der Waals surface area contributed by atoms with Crippen molar-refractivity contribution in [3.8, 4) is 0 Å². The van der Waals surface area contributed by atoms with E-state index in [9.17, 15) is 37.1 Å². The predicted molar refractivity (Wildman–Crippen MR) is 169 cm³/mol. The lowest BCUT2D eigenvalue weighted by Crippen LogP contribution is -2.50. The smallest absolute Gasteiger partial charge is 0.416 e. The van der Waals surface area contributed by atoms with E-state index in [0.29, 0.717) is 5.56 Å². The van der Waals surface area contributed by atoms with Crippen LogP contribution < -0.4 is 5.32 Å². The topological polar surface area (TPSA) is 128 Å². The fraction of sp³-hybridized carbons (Fsp3) is 0.343. The minimum Gasteiger partial charge on any atom is -0.465 e. The van der Waals surface area contributed by atoms with Crippen LogP contribution in [0.1, 0.15) is 63.7 Å². The third-order valence-electron chi connectivity index (χ3n) is 7.34. The molecule has 1 N–H and O–H groups in total. The molecule has 0 radical (unpaired) electrons. The molecule has 0 unspecified atom stereocenters. The first-order chi connectivity index (χ1) is 22.7. The Morgan fingerprint density at radius 2 is 1.38 bits per heavy atom. The van der Waals surface area contributed by atoms with Crippen molar-refractivity contribution in [2.75, 3.05) is 39.2 Å². The van der Waals surface area contributed by atoms with Crippen molar-refractivity contribution >= 4 is 35.4 Å². The molecule has 0 bridgehead atoms. The van der Waals surface area contributed by atoms with Gasteiger partial charge in [-0.05, 0) is 67.3 Å². The molecule has 0 aliphatic heterocycles. The number of nitrogens with one attached hydrogen (secondary N) is 1. The molecule has 10 nitrogen and oxygen atoms in total. The summed E-state index contributed by atoms with van der Waals surface area (Å²) in [5.41, 5.74) is -2.26. The average molecular weight is 671 g/mol. The van der Waals surface area contributed by atoms with Crippen LogP contribution in [0.5, 0.6) is 0 Å². The predicted octanol–water partition coefficient (Wildman–Crippen LogP) is 5.37. The summed E-state index contributed by atoms with van der Waals surface area (Å²) >= 11 is 0. The molecule has 2 amide bonds. The third-order valence-corrected chi connectivity index (χ3v) is 7.34. The Morgan fingerprint density at radius 1 is 0.750 bits per heavy atom. The number of carbonyl (C=O) groups is 5. The number of benzene rings is 3. The number of halogens is 3. The molecule has 13 heteroatoms. The van der Waals surface area contributed by atoms with Crippen molar-refractivity contribution in [1.29, 1.82) is 0 Å². The normalized spacial score (nSPS) is 11.3. The van der Waals surface area contributed by atoms with E-state index in [0.717, 1.165) is 18.2 Å². The number of alkyl halides is 3. The zero-order valence-corrected chi connectivity index (χ0v) is 27.2. The number of aryl methyl sites for hydroxylation is 1. The minimum atomic E-state index is -4.58. The fourth-order valence-corrected chi connectivity index (χ4v) is 4.86. The van der Waals surface area contributed by atoms with Crippen molar-refractivity contribution < 1.29 is 51.4 Å². The summed E-state index contributed by atoms with van der Waals surface area (Å²) in [6.07, 6.45) is -4.83. The highest BCUT2D eigenvalue weighted by atomic mass is 19.4. The standard InChI is InChI=1S/C35H37F3N2O8/c1-6-23-20-25(35(36,37)38)15-16-26(23)30(42)39-28-17-14-22(18-27(28)31(43)40(4)5)19-29(41)48-21-34(32(44)46-7-2,33(45)47-8-3)24-12-10-9-11-13-24/h9-18,20H,6-8,19,21H2,1-5H3,(H,39,42). The van der Waals surface area contributed by atoms with Gasteiger partial charge in [0.1, 0.15) is 6.61 Å². The molecule has 3 aromatic carbocycles. The maximum atomic E-state index is 13.2. The van der Waals surface area contributed by atoms with Crippen molar-refractivity contribution in [3.05, 3.63) is 100 Å². The molecule has 0 saturated carbocycles. The number of nitrogens with zero attached hydrogens (tertiary/aromatic N) is 1. The van der Waals surface area contributed by atoms with Crippen molar-refractivity contribution in [1.82, 2.24) is 4.90 Å². The van der Waals surface area contributed by atoms with Crippen LogP contribution in [0.15, 0.2) is 66.7 Å². The lowest BCUT2D eigenvalue weighted by molar-refractivity contribution is -0.170. The van der Waals surface area contributed by atoms with Gasteiger partial charge in [0.2, 0.25) is 5.41 Å². The van der Waals surface area contributed by atoms with E-state index in [1.54, 1.807) is 39.0 Å². The van der Waals surface area contributed by atoms with E-state index in [1.165, 1.54) is 49.3 Å². The quantitative estimate of drug-likeness (QED) is 0.146. The number of amides is 2.